The van der Waals surface area contributed by atoms with Gasteiger partial charge in [-0.25, -0.2) is 4.98 Å². The Balaban J connectivity index is 2.85. The third-order valence-electron chi connectivity index (χ3n) is 2.26. The molecule has 3 N–H and O–H groups in total. The SMILES string of the molecule is CC(C)C(C(=O)Nc1ncccc1Br)C(N)=S. The van der Waals surface area contributed by atoms with Crippen molar-refractivity contribution in [3.8, 4) is 0 Å². The van der Waals surface area contributed by atoms with E-state index in [1.807, 2.05) is 13.8 Å². The van der Waals surface area contributed by atoms with Crippen LogP contribution in [0.5, 0.6) is 0 Å². The molecule has 0 aromatic carbocycles. The highest BCUT2D eigenvalue weighted by molar-refractivity contribution is 9.10. The number of nitrogens with two attached hydrogens (primary N) is 1. The van der Waals surface area contributed by atoms with Gasteiger partial charge >= 0.3 is 0 Å². The second-order valence-corrected chi connectivity index (χ2v) is 5.27. The van der Waals surface area contributed by atoms with E-state index in [4.69, 9.17) is 18.0 Å². The number of thiocarbonyl (C=S) groups is 1. The van der Waals surface area contributed by atoms with Gasteiger partial charge in [-0.15, -0.1) is 0 Å². The van der Waals surface area contributed by atoms with Crippen molar-refractivity contribution in [2.75, 3.05) is 5.32 Å². The zero-order chi connectivity index (χ0) is 13.0. The highest BCUT2D eigenvalue weighted by Gasteiger charge is 2.25. The van der Waals surface area contributed by atoms with Crippen LogP contribution >= 0.6 is 28.1 Å². The van der Waals surface area contributed by atoms with E-state index < -0.39 is 5.92 Å². The lowest BCUT2D eigenvalue weighted by molar-refractivity contribution is -0.118. The Morgan fingerprint density at radius 2 is 2.24 bits per heavy atom. The first-order valence-corrected chi connectivity index (χ1v) is 6.34. The maximum atomic E-state index is 12.0. The van der Waals surface area contributed by atoms with Gasteiger partial charge in [0.25, 0.3) is 0 Å². The molecule has 0 radical (unpaired) electrons. The number of hydrogen-bond donors (Lipinski definition) is 2. The molecule has 6 heteroatoms. The Hall–Kier alpha value is -1.01. The number of nitrogens with one attached hydrogen (secondary N) is 1. The average molecular weight is 316 g/mol. The molecule has 0 aliphatic carbocycles. The first-order valence-electron chi connectivity index (χ1n) is 5.14. The van der Waals surface area contributed by atoms with Gasteiger partial charge in [0.15, 0.2) is 0 Å². The summed E-state index contributed by atoms with van der Waals surface area (Å²) < 4.78 is 0.721. The summed E-state index contributed by atoms with van der Waals surface area (Å²) in [6.45, 7) is 3.80. The molecule has 1 heterocycles. The standard InChI is InChI=1S/C11H14BrN3OS/c1-6(2)8(9(13)17)11(16)15-10-7(12)4-3-5-14-10/h3-6,8H,1-2H3,(H2,13,17)(H,14,15,16). The number of hydrogen-bond acceptors (Lipinski definition) is 3. The molecule has 1 atom stereocenters. The lowest BCUT2D eigenvalue weighted by Gasteiger charge is -2.18. The van der Waals surface area contributed by atoms with Gasteiger partial charge in [-0.3, -0.25) is 4.79 Å². The first-order chi connectivity index (χ1) is 7.93. The van der Waals surface area contributed by atoms with Gasteiger partial charge in [0.05, 0.1) is 15.4 Å². The summed E-state index contributed by atoms with van der Waals surface area (Å²) in [6, 6.07) is 3.57. The monoisotopic (exact) mass is 315 g/mol. The average Bonchev–Trinajstić information content (AvgIpc) is 2.20. The van der Waals surface area contributed by atoms with Crippen molar-refractivity contribution in [1.82, 2.24) is 4.98 Å². The molecule has 0 aliphatic heterocycles. The van der Waals surface area contributed by atoms with E-state index in [1.54, 1.807) is 18.3 Å². The maximum Gasteiger partial charge on any atom is 0.235 e. The number of amides is 1. The summed E-state index contributed by atoms with van der Waals surface area (Å²) in [7, 11) is 0. The lowest BCUT2D eigenvalue weighted by atomic mass is 9.95. The molecule has 0 fully saturated rings. The van der Waals surface area contributed by atoms with Crippen molar-refractivity contribution in [1.29, 1.82) is 0 Å². The molecule has 0 saturated heterocycles. The number of carbonyl (C=O) groups is 1. The quantitative estimate of drug-likeness (QED) is 0.837. The molecule has 92 valence electrons. The van der Waals surface area contributed by atoms with Crippen molar-refractivity contribution in [2.45, 2.75) is 13.8 Å². The maximum absolute atomic E-state index is 12.0. The molecule has 1 aromatic rings. The van der Waals surface area contributed by atoms with Crippen molar-refractivity contribution in [2.24, 2.45) is 17.6 Å². The Morgan fingerprint density at radius 3 is 2.71 bits per heavy atom. The number of anilines is 1. The second kappa shape index (κ2) is 6.07. The van der Waals surface area contributed by atoms with Crippen LogP contribution in [-0.4, -0.2) is 15.9 Å². The van der Waals surface area contributed by atoms with Crippen LogP contribution in [0.1, 0.15) is 13.8 Å². The number of nitrogens with zero attached hydrogens (tertiary/aromatic N) is 1. The van der Waals surface area contributed by atoms with E-state index in [-0.39, 0.29) is 16.8 Å². The van der Waals surface area contributed by atoms with Gasteiger partial charge in [0.2, 0.25) is 5.91 Å². The van der Waals surface area contributed by atoms with E-state index in [2.05, 4.69) is 26.2 Å². The largest absolute Gasteiger partial charge is 0.393 e. The summed E-state index contributed by atoms with van der Waals surface area (Å²) in [5.41, 5.74) is 5.57. The zero-order valence-electron chi connectivity index (χ0n) is 9.61. The minimum Gasteiger partial charge on any atom is -0.393 e. The fourth-order valence-corrected chi connectivity index (χ4v) is 2.17. The first kappa shape index (κ1) is 14.1. The minimum atomic E-state index is -0.487. The zero-order valence-corrected chi connectivity index (χ0v) is 12.0. The molecule has 0 spiro atoms. The molecule has 1 amide bonds. The Labute approximate surface area is 114 Å². The van der Waals surface area contributed by atoms with Crippen LogP contribution in [0.15, 0.2) is 22.8 Å². The van der Waals surface area contributed by atoms with Gasteiger partial charge in [-0.2, -0.15) is 0 Å². The van der Waals surface area contributed by atoms with E-state index in [0.29, 0.717) is 5.82 Å². The van der Waals surface area contributed by atoms with E-state index >= 15 is 0 Å². The molecule has 4 nitrogen and oxygen atoms in total. The molecular weight excluding hydrogens is 302 g/mol. The number of rotatable bonds is 4. The summed E-state index contributed by atoms with van der Waals surface area (Å²) in [5, 5.41) is 2.71. The predicted molar refractivity (Wildman–Crippen MR) is 75.7 cm³/mol. The van der Waals surface area contributed by atoms with E-state index in [9.17, 15) is 4.79 Å². The number of aromatic nitrogens is 1. The van der Waals surface area contributed by atoms with Crippen molar-refractivity contribution < 1.29 is 4.79 Å². The minimum absolute atomic E-state index is 0.0509. The van der Waals surface area contributed by atoms with Crippen LogP contribution in [0.4, 0.5) is 5.82 Å². The Morgan fingerprint density at radius 1 is 1.59 bits per heavy atom. The third-order valence-corrected chi connectivity index (χ3v) is 3.15. The summed E-state index contributed by atoms with van der Waals surface area (Å²) in [4.78, 5) is 16.3. The summed E-state index contributed by atoms with van der Waals surface area (Å²) in [5.74, 6) is -0.194. The van der Waals surface area contributed by atoms with Crippen molar-refractivity contribution >= 4 is 44.9 Å². The van der Waals surface area contributed by atoms with Gasteiger partial charge in [0, 0.05) is 6.20 Å². The normalized spacial score (nSPS) is 12.2. The van der Waals surface area contributed by atoms with Crippen LogP contribution in [-0.2, 0) is 4.79 Å². The third kappa shape index (κ3) is 3.74. The van der Waals surface area contributed by atoms with Gasteiger partial charge < -0.3 is 11.1 Å². The molecular formula is C11H14BrN3OS. The van der Waals surface area contributed by atoms with Crippen molar-refractivity contribution in [3.63, 3.8) is 0 Å². The number of halogens is 1. The highest BCUT2D eigenvalue weighted by Crippen LogP contribution is 2.20. The molecule has 1 rings (SSSR count). The molecule has 0 bridgehead atoms. The van der Waals surface area contributed by atoms with E-state index in [0.717, 1.165) is 4.47 Å². The van der Waals surface area contributed by atoms with Gasteiger partial charge in [-0.05, 0) is 34.0 Å². The topological polar surface area (TPSA) is 68.0 Å². The Bertz CT molecular complexity index is 436. The molecule has 0 saturated carbocycles. The highest BCUT2D eigenvalue weighted by atomic mass is 79.9. The summed E-state index contributed by atoms with van der Waals surface area (Å²) in [6.07, 6.45) is 1.60. The van der Waals surface area contributed by atoms with Crippen LogP contribution in [0, 0.1) is 11.8 Å². The molecule has 0 aliphatic rings. The Kier molecular flexibility index (Phi) is 5.02. The fraction of sp³-hybridized carbons (Fsp3) is 0.364. The van der Waals surface area contributed by atoms with Crippen LogP contribution in [0.3, 0.4) is 0 Å². The van der Waals surface area contributed by atoms with Crippen LogP contribution in [0.2, 0.25) is 0 Å². The molecule has 1 unspecified atom stereocenters. The fourth-order valence-electron chi connectivity index (χ4n) is 1.43. The lowest BCUT2D eigenvalue weighted by Crippen LogP contribution is -2.37. The number of pyridine rings is 1. The van der Waals surface area contributed by atoms with Crippen LogP contribution in [0.25, 0.3) is 0 Å². The van der Waals surface area contributed by atoms with Crippen LogP contribution < -0.4 is 11.1 Å². The van der Waals surface area contributed by atoms with Crippen molar-refractivity contribution in [3.05, 3.63) is 22.8 Å². The molecule has 1 aromatic heterocycles. The number of carbonyl (C=O) groups excluding carboxylic acids is 1. The summed E-state index contributed by atoms with van der Waals surface area (Å²) >= 11 is 8.21. The van der Waals surface area contributed by atoms with Gasteiger partial charge in [0.1, 0.15) is 5.82 Å². The molecule has 17 heavy (non-hydrogen) atoms. The predicted octanol–water partition coefficient (Wildman–Crippen LogP) is 2.34. The van der Waals surface area contributed by atoms with E-state index in [1.165, 1.54) is 0 Å². The van der Waals surface area contributed by atoms with Gasteiger partial charge in [-0.1, -0.05) is 26.1 Å². The second-order valence-electron chi connectivity index (χ2n) is 3.95. The smallest absolute Gasteiger partial charge is 0.235 e.